The minimum absolute atomic E-state index is 0.0632. The number of hydrogen-bond acceptors (Lipinski definition) is 5. The summed E-state index contributed by atoms with van der Waals surface area (Å²) in [5, 5.41) is 14.0. The third kappa shape index (κ3) is 5.08. The van der Waals surface area contributed by atoms with Gasteiger partial charge in [-0.3, -0.25) is 4.79 Å². The number of rotatable bonds is 5. The Kier molecular flexibility index (Phi) is 5.67. The predicted molar refractivity (Wildman–Crippen MR) is 127 cm³/mol. The van der Waals surface area contributed by atoms with Crippen LogP contribution >= 0.6 is 0 Å². The van der Waals surface area contributed by atoms with Crippen LogP contribution in [-0.4, -0.2) is 16.6 Å². The quantitative estimate of drug-likeness (QED) is 0.390. The van der Waals surface area contributed by atoms with Crippen molar-refractivity contribution in [3.8, 4) is 5.75 Å². The molecule has 1 aliphatic rings. The molecular formula is C26H23N3O2. The summed E-state index contributed by atoms with van der Waals surface area (Å²) in [4.78, 5) is 16.2. The van der Waals surface area contributed by atoms with Crippen LogP contribution in [0.5, 0.6) is 5.75 Å². The average Bonchev–Trinajstić information content (AvgIpc) is 2.76. The van der Waals surface area contributed by atoms with Crippen molar-refractivity contribution in [1.82, 2.24) is 0 Å². The number of nitrogens with one attached hydrogen (secondary N) is 1. The standard InChI is InChI=1S/C26H23N3O2/c1-17-2-8-21(9-3-17)29-25-16-26(31)19(14-18-4-6-20(27)7-5-18)15-24(25)28-22-10-12-23(30)13-11-22/h2-13,15-16,29,31H,14,27H2,1H3. The van der Waals surface area contributed by atoms with Gasteiger partial charge >= 0.3 is 0 Å². The number of aromatic hydroxyl groups is 1. The van der Waals surface area contributed by atoms with Gasteiger partial charge in [0.15, 0.2) is 5.78 Å². The van der Waals surface area contributed by atoms with Gasteiger partial charge in [-0.1, -0.05) is 29.8 Å². The number of phenolic OH excluding ortho intramolecular Hbond substituents is 1. The lowest BCUT2D eigenvalue weighted by Crippen LogP contribution is -2.00. The number of carbonyl (C=O) groups excluding carboxylic acids is 1. The van der Waals surface area contributed by atoms with Crippen molar-refractivity contribution >= 4 is 34.2 Å². The van der Waals surface area contributed by atoms with E-state index in [2.05, 4.69) is 5.32 Å². The molecular weight excluding hydrogens is 386 g/mol. The molecule has 31 heavy (non-hydrogen) atoms. The van der Waals surface area contributed by atoms with Crippen molar-refractivity contribution in [2.24, 2.45) is 4.99 Å². The van der Waals surface area contributed by atoms with Gasteiger partial charge in [0.1, 0.15) is 5.75 Å². The maximum Gasteiger partial charge on any atom is 0.178 e. The second-order valence-corrected chi connectivity index (χ2v) is 7.51. The van der Waals surface area contributed by atoms with Gasteiger partial charge in [-0.2, -0.15) is 0 Å². The van der Waals surface area contributed by atoms with Crippen molar-refractivity contribution in [3.05, 3.63) is 102 Å². The molecule has 1 aliphatic carbocycles. The van der Waals surface area contributed by atoms with E-state index in [0.29, 0.717) is 29.2 Å². The van der Waals surface area contributed by atoms with Gasteiger partial charge in [-0.25, -0.2) is 4.99 Å². The van der Waals surface area contributed by atoms with E-state index in [-0.39, 0.29) is 11.5 Å². The van der Waals surface area contributed by atoms with Crippen molar-refractivity contribution in [2.45, 2.75) is 13.3 Å². The molecule has 154 valence electrons. The van der Waals surface area contributed by atoms with Crippen LogP contribution in [0.1, 0.15) is 16.7 Å². The second-order valence-electron chi connectivity index (χ2n) is 7.51. The predicted octanol–water partition coefficient (Wildman–Crippen LogP) is 5.38. The van der Waals surface area contributed by atoms with Gasteiger partial charge in [-0.15, -0.1) is 0 Å². The lowest BCUT2D eigenvalue weighted by Gasteiger charge is -2.14. The van der Waals surface area contributed by atoms with Crippen LogP contribution in [0.4, 0.5) is 22.7 Å². The molecule has 0 saturated heterocycles. The summed E-state index contributed by atoms with van der Waals surface area (Å²) in [7, 11) is 0. The number of aryl methyl sites for hydroxylation is 1. The van der Waals surface area contributed by atoms with Gasteiger partial charge in [-0.05, 0) is 67.1 Å². The van der Waals surface area contributed by atoms with Gasteiger partial charge < -0.3 is 16.2 Å². The number of ketones is 1. The summed E-state index contributed by atoms with van der Waals surface area (Å²) in [6, 6.07) is 19.1. The molecule has 0 saturated carbocycles. The minimum Gasteiger partial charge on any atom is -0.508 e. The van der Waals surface area contributed by atoms with Crippen LogP contribution in [0.15, 0.2) is 90.0 Å². The van der Waals surface area contributed by atoms with Gasteiger partial charge in [0, 0.05) is 29.4 Å². The van der Waals surface area contributed by atoms with E-state index in [1.54, 1.807) is 18.2 Å². The molecule has 0 heterocycles. The molecule has 0 aromatic heterocycles. The maximum atomic E-state index is 11.4. The summed E-state index contributed by atoms with van der Waals surface area (Å²) in [6.07, 6.45) is 6.89. The Hall–Kier alpha value is -4.12. The SMILES string of the molecule is Cc1ccc(Nc2cc(O)c(Cc3ccc(N)cc3)cc2N=C2C=CC(=O)C=C2)cc1. The number of nitrogen functional groups attached to an aromatic ring is 1. The molecule has 3 aromatic rings. The highest BCUT2D eigenvalue weighted by molar-refractivity contribution is 6.17. The molecule has 4 rings (SSSR count). The Morgan fingerprint density at radius 1 is 0.935 bits per heavy atom. The highest BCUT2D eigenvalue weighted by Gasteiger charge is 2.12. The molecule has 3 aromatic carbocycles. The fourth-order valence-electron chi connectivity index (χ4n) is 3.26. The highest BCUT2D eigenvalue weighted by Crippen LogP contribution is 2.36. The first kappa shape index (κ1) is 20.2. The zero-order valence-corrected chi connectivity index (χ0v) is 17.2. The zero-order valence-electron chi connectivity index (χ0n) is 17.2. The lowest BCUT2D eigenvalue weighted by atomic mass is 10.0. The maximum absolute atomic E-state index is 11.4. The van der Waals surface area contributed by atoms with E-state index in [1.165, 1.54) is 12.2 Å². The molecule has 0 spiro atoms. The topological polar surface area (TPSA) is 87.7 Å². The third-order valence-corrected chi connectivity index (χ3v) is 4.99. The van der Waals surface area contributed by atoms with Crippen molar-refractivity contribution < 1.29 is 9.90 Å². The first-order valence-corrected chi connectivity index (χ1v) is 9.99. The number of benzene rings is 3. The molecule has 0 atom stereocenters. The van der Waals surface area contributed by atoms with Crippen LogP contribution in [0, 0.1) is 6.92 Å². The van der Waals surface area contributed by atoms with Gasteiger partial charge in [0.05, 0.1) is 17.1 Å². The molecule has 0 radical (unpaired) electrons. The Morgan fingerprint density at radius 3 is 2.29 bits per heavy atom. The molecule has 0 fully saturated rings. The largest absolute Gasteiger partial charge is 0.508 e. The fourth-order valence-corrected chi connectivity index (χ4v) is 3.26. The van der Waals surface area contributed by atoms with Crippen LogP contribution in [0.25, 0.3) is 0 Å². The molecule has 0 aliphatic heterocycles. The summed E-state index contributed by atoms with van der Waals surface area (Å²) >= 11 is 0. The molecule has 5 heteroatoms. The number of phenols is 1. The van der Waals surface area contributed by atoms with Crippen LogP contribution in [-0.2, 0) is 11.2 Å². The molecule has 5 nitrogen and oxygen atoms in total. The highest BCUT2D eigenvalue weighted by atomic mass is 16.3. The summed E-state index contributed by atoms with van der Waals surface area (Å²) < 4.78 is 0. The smallest absolute Gasteiger partial charge is 0.178 e. The van der Waals surface area contributed by atoms with Crippen LogP contribution in [0.2, 0.25) is 0 Å². The normalized spacial score (nSPS) is 12.8. The average molecular weight is 409 g/mol. The first-order chi connectivity index (χ1) is 15.0. The molecule has 0 amide bonds. The fraction of sp³-hybridized carbons (Fsp3) is 0.0769. The van der Waals surface area contributed by atoms with Gasteiger partial charge in [0.25, 0.3) is 0 Å². The number of hydrogen-bond donors (Lipinski definition) is 3. The number of nitrogens with two attached hydrogens (primary N) is 1. The molecule has 4 N–H and O–H groups in total. The number of allylic oxidation sites excluding steroid dienone is 4. The van der Waals surface area contributed by atoms with Crippen molar-refractivity contribution in [1.29, 1.82) is 0 Å². The number of aliphatic imine (C=N–C) groups is 1. The van der Waals surface area contributed by atoms with Crippen molar-refractivity contribution in [3.63, 3.8) is 0 Å². The summed E-state index contributed by atoms with van der Waals surface area (Å²) in [6.45, 7) is 2.03. The van der Waals surface area contributed by atoms with E-state index < -0.39 is 0 Å². The van der Waals surface area contributed by atoms with E-state index in [0.717, 1.165) is 22.4 Å². The first-order valence-electron chi connectivity index (χ1n) is 9.99. The van der Waals surface area contributed by atoms with Crippen LogP contribution < -0.4 is 11.1 Å². The Labute approximate surface area is 181 Å². The lowest BCUT2D eigenvalue weighted by molar-refractivity contribution is -0.110. The third-order valence-electron chi connectivity index (χ3n) is 4.99. The van der Waals surface area contributed by atoms with E-state index in [1.807, 2.05) is 61.5 Å². The summed E-state index contributed by atoms with van der Waals surface area (Å²) in [5.41, 5.74) is 12.3. The van der Waals surface area contributed by atoms with E-state index in [4.69, 9.17) is 10.7 Å². The van der Waals surface area contributed by atoms with Crippen LogP contribution in [0.3, 0.4) is 0 Å². The second kappa shape index (κ2) is 8.71. The number of carbonyl (C=O) groups is 1. The Balaban J connectivity index is 1.73. The number of nitrogens with zero attached hydrogens (tertiary/aromatic N) is 1. The Bertz CT molecular complexity index is 1190. The van der Waals surface area contributed by atoms with Gasteiger partial charge in [0.2, 0.25) is 0 Å². The van der Waals surface area contributed by atoms with E-state index >= 15 is 0 Å². The minimum atomic E-state index is -0.0632. The molecule has 0 unspecified atom stereocenters. The van der Waals surface area contributed by atoms with Crippen molar-refractivity contribution in [2.75, 3.05) is 11.1 Å². The zero-order chi connectivity index (χ0) is 21.8. The monoisotopic (exact) mass is 409 g/mol. The molecule has 0 bridgehead atoms. The van der Waals surface area contributed by atoms with E-state index in [9.17, 15) is 9.90 Å². The number of anilines is 3. The summed E-state index contributed by atoms with van der Waals surface area (Å²) in [5.74, 6) is 0.118. The Morgan fingerprint density at radius 2 is 1.61 bits per heavy atom.